The van der Waals surface area contributed by atoms with Crippen LogP contribution in [-0.2, 0) is 14.8 Å². The molecule has 0 saturated carbocycles. The fourth-order valence-electron chi connectivity index (χ4n) is 4.51. The second kappa shape index (κ2) is 9.85. The van der Waals surface area contributed by atoms with E-state index in [0.29, 0.717) is 23.4 Å². The average Bonchev–Trinajstić information content (AvgIpc) is 2.82. The number of nitrogens with zero attached hydrogens (tertiary/aromatic N) is 1. The van der Waals surface area contributed by atoms with Crippen molar-refractivity contribution in [2.75, 3.05) is 18.0 Å². The van der Waals surface area contributed by atoms with Gasteiger partial charge in [-0.1, -0.05) is 30.3 Å². The van der Waals surface area contributed by atoms with Crippen LogP contribution in [0, 0.1) is 13.8 Å². The molecule has 3 aromatic carbocycles. The van der Waals surface area contributed by atoms with Gasteiger partial charge in [0.2, 0.25) is 5.91 Å². The van der Waals surface area contributed by atoms with E-state index in [1.54, 1.807) is 49.4 Å². The number of carbonyl (C=O) groups is 1. The molecule has 0 bridgehead atoms. The molecule has 7 nitrogen and oxygen atoms in total. The van der Waals surface area contributed by atoms with Gasteiger partial charge in [0.15, 0.2) is 0 Å². The molecule has 1 aliphatic rings. The lowest BCUT2D eigenvalue weighted by atomic mass is 9.89. The van der Waals surface area contributed by atoms with Gasteiger partial charge in [0.05, 0.1) is 23.7 Å². The van der Waals surface area contributed by atoms with Gasteiger partial charge in [-0.15, -0.1) is 0 Å². The smallest absolute Gasteiger partial charge is 0.264 e. The number of aryl methyl sites for hydroxylation is 2. The van der Waals surface area contributed by atoms with Gasteiger partial charge in [-0.25, -0.2) is 8.42 Å². The van der Waals surface area contributed by atoms with E-state index in [2.05, 4.69) is 5.32 Å². The van der Waals surface area contributed by atoms with Crippen molar-refractivity contribution in [2.45, 2.75) is 50.7 Å². The highest BCUT2D eigenvalue weighted by atomic mass is 32.2. The molecule has 1 heterocycles. The molecule has 0 saturated heterocycles. The third kappa shape index (κ3) is 5.33. The molecular formula is C28H32N2O5S. The van der Waals surface area contributed by atoms with Crippen LogP contribution in [0.25, 0.3) is 0 Å². The number of amides is 1. The van der Waals surface area contributed by atoms with Crippen molar-refractivity contribution in [1.29, 1.82) is 0 Å². The van der Waals surface area contributed by atoms with Crippen LogP contribution in [0.15, 0.2) is 71.6 Å². The summed E-state index contributed by atoms with van der Waals surface area (Å²) in [6, 6.07) is 18.9. The van der Waals surface area contributed by atoms with Gasteiger partial charge >= 0.3 is 0 Å². The Labute approximate surface area is 213 Å². The second-order valence-electron chi connectivity index (χ2n) is 9.71. The first-order valence-corrected chi connectivity index (χ1v) is 13.3. The SMILES string of the molecule is COc1ccc(S(=O)(=O)N(CC(=O)NC2CC(C)(C)Oc3cc(C)ccc32)c2ccccc2)cc1C. The summed E-state index contributed by atoms with van der Waals surface area (Å²) < 4.78 is 40.0. The molecular weight excluding hydrogens is 476 g/mol. The van der Waals surface area contributed by atoms with Crippen LogP contribution in [0.2, 0.25) is 0 Å². The molecule has 8 heteroatoms. The maximum absolute atomic E-state index is 13.7. The number of anilines is 1. The number of para-hydroxylation sites is 1. The fourth-order valence-corrected chi connectivity index (χ4v) is 6.01. The Morgan fingerprint density at radius 2 is 1.81 bits per heavy atom. The number of fused-ring (bicyclic) bond motifs is 1. The number of nitrogens with one attached hydrogen (secondary N) is 1. The number of hydrogen-bond acceptors (Lipinski definition) is 5. The van der Waals surface area contributed by atoms with Crippen molar-refractivity contribution in [3.05, 3.63) is 83.4 Å². The van der Waals surface area contributed by atoms with Crippen LogP contribution < -0.4 is 19.1 Å². The van der Waals surface area contributed by atoms with Crippen LogP contribution >= 0.6 is 0 Å². The number of ether oxygens (including phenoxy) is 2. The molecule has 0 aliphatic carbocycles. The minimum Gasteiger partial charge on any atom is -0.496 e. The Balaban J connectivity index is 1.64. The van der Waals surface area contributed by atoms with E-state index in [1.165, 1.54) is 13.2 Å². The third-order valence-electron chi connectivity index (χ3n) is 6.25. The molecule has 1 N–H and O–H groups in total. The van der Waals surface area contributed by atoms with Gasteiger partial charge in [0.1, 0.15) is 23.6 Å². The summed E-state index contributed by atoms with van der Waals surface area (Å²) in [7, 11) is -2.50. The lowest BCUT2D eigenvalue weighted by Crippen LogP contribution is -2.45. The number of benzene rings is 3. The largest absolute Gasteiger partial charge is 0.496 e. The molecule has 1 aliphatic heterocycles. The van der Waals surface area contributed by atoms with E-state index >= 15 is 0 Å². The molecule has 1 atom stereocenters. The number of methoxy groups -OCH3 is 1. The first kappa shape index (κ1) is 25.6. The molecule has 190 valence electrons. The van der Waals surface area contributed by atoms with Crippen molar-refractivity contribution in [3.8, 4) is 11.5 Å². The number of sulfonamides is 1. The maximum Gasteiger partial charge on any atom is 0.264 e. The third-order valence-corrected chi connectivity index (χ3v) is 8.02. The highest BCUT2D eigenvalue weighted by Crippen LogP contribution is 2.40. The van der Waals surface area contributed by atoms with Gasteiger partial charge in [0.25, 0.3) is 10.0 Å². The van der Waals surface area contributed by atoms with Crippen molar-refractivity contribution in [3.63, 3.8) is 0 Å². The summed E-state index contributed by atoms with van der Waals surface area (Å²) in [4.78, 5) is 13.4. The minimum absolute atomic E-state index is 0.0884. The van der Waals surface area contributed by atoms with Crippen LogP contribution in [0.5, 0.6) is 11.5 Å². The molecule has 0 spiro atoms. The summed E-state index contributed by atoms with van der Waals surface area (Å²) in [5.41, 5.74) is 2.56. The fraction of sp³-hybridized carbons (Fsp3) is 0.321. The van der Waals surface area contributed by atoms with E-state index in [0.717, 1.165) is 21.2 Å². The number of hydrogen-bond donors (Lipinski definition) is 1. The Hall–Kier alpha value is -3.52. The van der Waals surface area contributed by atoms with Crippen LogP contribution in [0.4, 0.5) is 5.69 Å². The first-order valence-electron chi connectivity index (χ1n) is 11.8. The van der Waals surface area contributed by atoms with E-state index in [1.807, 2.05) is 39.0 Å². The number of carbonyl (C=O) groups excluding carboxylic acids is 1. The molecule has 0 radical (unpaired) electrons. The van der Waals surface area contributed by atoms with Crippen LogP contribution in [-0.4, -0.2) is 33.6 Å². The van der Waals surface area contributed by atoms with Crippen LogP contribution in [0.3, 0.4) is 0 Å². The Morgan fingerprint density at radius 1 is 1.08 bits per heavy atom. The molecule has 4 rings (SSSR count). The van der Waals surface area contributed by atoms with Crippen molar-refractivity contribution in [2.24, 2.45) is 0 Å². The topological polar surface area (TPSA) is 84.9 Å². The van der Waals surface area contributed by atoms with Crippen molar-refractivity contribution < 1.29 is 22.7 Å². The quantitative estimate of drug-likeness (QED) is 0.489. The second-order valence-corrected chi connectivity index (χ2v) is 11.6. The molecule has 0 aromatic heterocycles. The standard InChI is InChI=1S/C28H32N2O5S/c1-19-11-13-23-24(17-28(3,4)35-26(23)15-19)29-27(31)18-30(21-9-7-6-8-10-21)36(32,33)22-12-14-25(34-5)20(2)16-22/h6-16,24H,17-18H2,1-5H3,(H,29,31). The Bertz CT molecular complexity index is 1370. The zero-order valence-electron chi connectivity index (χ0n) is 21.2. The molecule has 1 unspecified atom stereocenters. The van der Waals surface area contributed by atoms with E-state index in [-0.39, 0.29) is 17.5 Å². The Kier molecular flexibility index (Phi) is 7.00. The van der Waals surface area contributed by atoms with Gasteiger partial charge in [-0.2, -0.15) is 0 Å². The average molecular weight is 509 g/mol. The lowest BCUT2D eigenvalue weighted by molar-refractivity contribution is -0.120. The van der Waals surface area contributed by atoms with Gasteiger partial charge in [0, 0.05) is 12.0 Å². The Morgan fingerprint density at radius 3 is 2.47 bits per heavy atom. The summed E-state index contributed by atoms with van der Waals surface area (Å²) in [6.07, 6.45) is 0.560. The van der Waals surface area contributed by atoms with E-state index < -0.39 is 21.5 Å². The maximum atomic E-state index is 13.7. The summed E-state index contributed by atoms with van der Waals surface area (Å²) in [5, 5.41) is 3.06. The zero-order chi connectivity index (χ0) is 26.1. The zero-order valence-corrected chi connectivity index (χ0v) is 22.1. The highest BCUT2D eigenvalue weighted by Gasteiger charge is 2.35. The van der Waals surface area contributed by atoms with Gasteiger partial charge in [-0.3, -0.25) is 9.10 Å². The summed E-state index contributed by atoms with van der Waals surface area (Å²) in [5.74, 6) is 0.925. The molecule has 3 aromatic rings. The highest BCUT2D eigenvalue weighted by molar-refractivity contribution is 7.92. The van der Waals surface area contributed by atoms with Crippen molar-refractivity contribution >= 4 is 21.6 Å². The molecule has 36 heavy (non-hydrogen) atoms. The van der Waals surface area contributed by atoms with E-state index in [4.69, 9.17) is 9.47 Å². The minimum atomic E-state index is -4.03. The van der Waals surface area contributed by atoms with Crippen molar-refractivity contribution in [1.82, 2.24) is 5.32 Å². The van der Waals surface area contributed by atoms with E-state index in [9.17, 15) is 13.2 Å². The van der Waals surface area contributed by atoms with Crippen LogP contribution in [0.1, 0.15) is 43.0 Å². The molecule has 0 fully saturated rings. The predicted molar refractivity (Wildman–Crippen MR) is 140 cm³/mol. The normalized spacial score (nSPS) is 16.4. The van der Waals surface area contributed by atoms with Gasteiger partial charge < -0.3 is 14.8 Å². The monoisotopic (exact) mass is 508 g/mol. The first-order chi connectivity index (χ1) is 17.0. The number of rotatable bonds is 7. The summed E-state index contributed by atoms with van der Waals surface area (Å²) >= 11 is 0. The van der Waals surface area contributed by atoms with Gasteiger partial charge in [-0.05, 0) is 75.2 Å². The predicted octanol–water partition coefficient (Wildman–Crippen LogP) is 4.93. The summed E-state index contributed by atoms with van der Waals surface area (Å²) in [6.45, 7) is 7.36. The lowest BCUT2D eigenvalue weighted by Gasteiger charge is -2.38. The molecule has 1 amide bonds.